The van der Waals surface area contributed by atoms with Gasteiger partial charge in [-0.1, -0.05) is 38.3 Å². The molecule has 0 spiro atoms. The van der Waals surface area contributed by atoms with Crippen LogP contribution in [0.1, 0.15) is 45.4 Å². The van der Waals surface area contributed by atoms with Crippen LogP contribution in [0.3, 0.4) is 0 Å². The first kappa shape index (κ1) is 19.2. The summed E-state index contributed by atoms with van der Waals surface area (Å²) in [5.74, 6) is 0. The maximum Gasteiger partial charge on any atom is 0.265 e. The van der Waals surface area contributed by atoms with Gasteiger partial charge < -0.3 is 9.30 Å². The second-order valence-corrected chi connectivity index (χ2v) is 8.13. The van der Waals surface area contributed by atoms with Gasteiger partial charge in [0.25, 0.3) is 5.56 Å². The minimum absolute atomic E-state index is 0.0304. The first-order valence-electron chi connectivity index (χ1n) is 11.0. The normalized spacial score (nSPS) is 16.9. The second kappa shape index (κ2) is 8.14. The van der Waals surface area contributed by atoms with Crippen molar-refractivity contribution in [3.8, 4) is 0 Å². The summed E-state index contributed by atoms with van der Waals surface area (Å²) in [6.45, 7) is 4.29. The Morgan fingerprint density at radius 2 is 1.93 bits per heavy atom. The summed E-state index contributed by atoms with van der Waals surface area (Å²) in [5, 5.41) is 0.569. The minimum Gasteiger partial charge on any atom is -0.376 e. The fourth-order valence-electron chi connectivity index (χ4n) is 4.37. The molecule has 0 bridgehead atoms. The van der Waals surface area contributed by atoms with Crippen LogP contribution in [0.15, 0.2) is 35.4 Å². The number of aryl methyl sites for hydroxylation is 1. The smallest absolute Gasteiger partial charge is 0.265 e. The quantitative estimate of drug-likeness (QED) is 0.434. The lowest BCUT2D eigenvalue weighted by molar-refractivity contribution is 0.0987. The van der Waals surface area contributed by atoms with Gasteiger partial charge in [-0.05, 0) is 31.4 Å². The van der Waals surface area contributed by atoms with Crippen LogP contribution in [0.4, 0.5) is 0 Å². The molecule has 3 aromatic heterocycles. The summed E-state index contributed by atoms with van der Waals surface area (Å²) in [5.41, 5.74) is 3.60. The van der Waals surface area contributed by atoms with E-state index in [2.05, 4.69) is 6.92 Å². The van der Waals surface area contributed by atoms with Gasteiger partial charge in [0, 0.05) is 13.2 Å². The largest absolute Gasteiger partial charge is 0.376 e. The maximum absolute atomic E-state index is 13.4. The van der Waals surface area contributed by atoms with Crippen molar-refractivity contribution in [2.75, 3.05) is 6.61 Å². The Labute approximate surface area is 174 Å². The number of nitrogens with zero attached hydrogens (tertiary/aromatic N) is 5. The molecule has 1 saturated heterocycles. The third-order valence-electron chi connectivity index (χ3n) is 5.98. The number of rotatable bonds is 7. The lowest BCUT2D eigenvalue weighted by Crippen LogP contribution is -2.21. The summed E-state index contributed by atoms with van der Waals surface area (Å²) in [7, 11) is 0. The molecule has 1 atom stereocenters. The fraction of sp³-hybridized carbons (Fsp3) is 0.478. The van der Waals surface area contributed by atoms with Gasteiger partial charge in [0.05, 0.1) is 30.0 Å². The third kappa shape index (κ3) is 3.37. The Morgan fingerprint density at radius 1 is 1.10 bits per heavy atom. The molecule has 1 aliphatic rings. The van der Waals surface area contributed by atoms with Crippen LogP contribution in [-0.2, 0) is 17.8 Å². The van der Waals surface area contributed by atoms with Crippen LogP contribution >= 0.6 is 0 Å². The van der Waals surface area contributed by atoms with Gasteiger partial charge in [-0.3, -0.25) is 9.36 Å². The molecule has 156 valence electrons. The summed E-state index contributed by atoms with van der Waals surface area (Å²) in [6, 6.07) is 7.79. The standard InChI is InChI=1S/C23H27N5O2/c1-2-3-4-7-12-27-15-24-21-19(23(27)29)20-22(28(21)14-16-9-8-13-30-16)26-18-11-6-5-10-17(18)25-20/h5-6,10-11,15-16H,2-4,7-9,12-14H2,1H3. The van der Waals surface area contributed by atoms with Gasteiger partial charge >= 0.3 is 0 Å². The molecule has 0 radical (unpaired) electrons. The second-order valence-electron chi connectivity index (χ2n) is 8.13. The molecular weight excluding hydrogens is 378 g/mol. The van der Waals surface area contributed by atoms with Crippen molar-refractivity contribution in [3.05, 3.63) is 40.9 Å². The SMILES string of the molecule is CCCCCCn1cnc2c(c1=O)c1nc3ccccc3nc1n2CC1CCCO1. The Balaban J connectivity index is 1.68. The van der Waals surface area contributed by atoms with Crippen molar-refractivity contribution in [1.29, 1.82) is 0 Å². The first-order valence-corrected chi connectivity index (χ1v) is 11.0. The van der Waals surface area contributed by atoms with E-state index in [9.17, 15) is 4.79 Å². The Bertz CT molecular complexity index is 1250. The summed E-state index contributed by atoms with van der Waals surface area (Å²) >= 11 is 0. The molecule has 0 aliphatic carbocycles. The number of ether oxygens (including phenoxy) is 1. The number of para-hydroxylation sites is 2. The highest BCUT2D eigenvalue weighted by Gasteiger charge is 2.23. The number of hydrogen-bond donors (Lipinski definition) is 0. The van der Waals surface area contributed by atoms with Crippen molar-refractivity contribution in [3.63, 3.8) is 0 Å². The number of benzene rings is 1. The van der Waals surface area contributed by atoms with Gasteiger partial charge in [-0.25, -0.2) is 15.0 Å². The van der Waals surface area contributed by atoms with Gasteiger partial charge in [-0.2, -0.15) is 0 Å². The van der Waals surface area contributed by atoms with Crippen LogP contribution < -0.4 is 5.56 Å². The third-order valence-corrected chi connectivity index (χ3v) is 5.98. The van der Waals surface area contributed by atoms with Crippen LogP contribution in [-0.4, -0.2) is 36.8 Å². The number of fused-ring (bicyclic) bond motifs is 4. The molecule has 1 fully saturated rings. The van der Waals surface area contributed by atoms with Crippen LogP contribution in [0.25, 0.3) is 33.2 Å². The minimum atomic E-state index is -0.0304. The van der Waals surface area contributed by atoms with Gasteiger partial charge in [-0.15, -0.1) is 0 Å². The average Bonchev–Trinajstić information content (AvgIpc) is 3.38. The van der Waals surface area contributed by atoms with Crippen molar-refractivity contribution < 1.29 is 4.74 Å². The highest BCUT2D eigenvalue weighted by molar-refractivity contribution is 6.04. The molecule has 0 saturated carbocycles. The van der Waals surface area contributed by atoms with E-state index in [0.29, 0.717) is 35.3 Å². The zero-order valence-electron chi connectivity index (χ0n) is 17.4. The Kier molecular flexibility index (Phi) is 5.21. The molecule has 4 aromatic rings. The van der Waals surface area contributed by atoms with Gasteiger partial charge in [0.2, 0.25) is 0 Å². The summed E-state index contributed by atoms with van der Waals surface area (Å²) < 4.78 is 9.62. The molecular formula is C23H27N5O2. The Morgan fingerprint density at radius 3 is 2.70 bits per heavy atom. The molecule has 1 unspecified atom stereocenters. The number of unbranched alkanes of at least 4 members (excludes halogenated alkanes) is 3. The van der Waals surface area contributed by atoms with Crippen LogP contribution in [0.5, 0.6) is 0 Å². The topological polar surface area (TPSA) is 74.8 Å². The maximum atomic E-state index is 13.4. The zero-order valence-corrected chi connectivity index (χ0v) is 17.4. The Hall–Kier alpha value is -2.80. The van der Waals surface area contributed by atoms with Gasteiger partial charge in [0.15, 0.2) is 11.3 Å². The fourth-order valence-corrected chi connectivity index (χ4v) is 4.37. The predicted octanol–water partition coefficient (Wildman–Crippen LogP) is 4.05. The molecule has 7 nitrogen and oxygen atoms in total. The van der Waals surface area contributed by atoms with E-state index in [1.54, 1.807) is 10.9 Å². The molecule has 30 heavy (non-hydrogen) atoms. The van der Waals surface area contributed by atoms with E-state index in [1.807, 2.05) is 28.8 Å². The van der Waals surface area contributed by atoms with E-state index >= 15 is 0 Å². The molecule has 1 aliphatic heterocycles. The van der Waals surface area contributed by atoms with Crippen LogP contribution in [0.2, 0.25) is 0 Å². The van der Waals surface area contributed by atoms with Gasteiger partial charge in [0.1, 0.15) is 10.9 Å². The first-order chi connectivity index (χ1) is 14.8. The summed E-state index contributed by atoms with van der Waals surface area (Å²) in [6.07, 6.45) is 8.33. The van der Waals surface area contributed by atoms with Crippen molar-refractivity contribution in [2.45, 2.75) is 64.6 Å². The van der Waals surface area contributed by atoms with Crippen molar-refractivity contribution >= 4 is 33.2 Å². The average molecular weight is 406 g/mol. The highest BCUT2D eigenvalue weighted by Crippen LogP contribution is 2.27. The highest BCUT2D eigenvalue weighted by atomic mass is 16.5. The number of hydrogen-bond acceptors (Lipinski definition) is 5. The van der Waals surface area contributed by atoms with E-state index in [1.165, 1.54) is 12.8 Å². The molecule has 0 N–H and O–H groups in total. The monoisotopic (exact) mass is 405 g/mol. The molecule has 0 amide bonds. The van der Waals surface area contributed by atoms with Crippen molar-refractivity contribution in [2.24, 2.45) is 0 Å². The lowest BCUT2D eigenvalue weighted by atomic mass is 10.2. The molecule has 7 heteroatoms. The van der Waals surface area contributed by atoms with E-state index in [0.717, 1.165) is 43.3 Å². The predicted molar refractivity (Wildman–Crippen MR) is 118 cm³/mol. The van der Waals surface area contributed by atoms with E-state index in [4.69, 9.17) is 19.7 Å². The van der Waals surface area contributed by atoms with Crippen molar-refractivity contribution in [1.82, 2.24) is 24.1 Å². The number of aromatic nitrogens is 5. The zero-order chi connectivity index (χ0) is 20.5. The molecule has 5 rings (SSSR count). The van der Waals surface area contributed by atoms with E-state index < -0.39 is 0 Å². The summed E-state index contributed by atoms with van der Waals surface area (Å²) in [4.78, 5) is 27.8. The van der Waals surface area contributed by atoms with Crippen LogP contribution in [0, 0.1) is 0 Å². The molecule has 4 heterocycles. The lowest BCUT2D eigenvalue weighted by Gasteiger charge is -2.12. The van der Waals surface area contributed by atoms with E-state index in [-0.39, 0.29) is 11.7 Å². The molecule has 1 aromatic carbocycles.